The lowest BCUT2D eigenvalue weighted by Crippen LogP contribution is -2.88. The molecule has 0 heterocycles. The number of rotatable bonds is 6. The number of urea groups is 1. The SMILES string of the molecule is O=C(C[NH2+]C(c1ccccc1)c1ccccc1)NC(=O)NCC(F)(F)F. The van der Waals surface area contributed by atoms with Gasteiger partial charge in [-0.25, -0.2) is 4.79 Å². The van der Waals surface area contributed by atoms with Crippen molar-refractivity contribution in [3.8, 4) is 0 Å². The number of halogens is 3. The fourth-order valence-corrected chi connectivity index (χ4v) is 2.41. The molecule has 2 aromatic carbocycles. The number of alkyl halides is 3. The zero-order chi connectivity index (χ0) is 19.0. The highest BCUT2D eigenvalue weighted by atomic mass is 19.4. The van der Waals surface area contributed by atoms with E-state index in [1.807, 2.05) is 66.0 Å². The van der Waals surface area contributed by atoms with E-state index in [1.165, 1.54) is 0 Å². The first-order chi connectivity index (χ1) is 12.3. The van der Waals surface area contributed by atoms with Crippen LogP contribution < -0.4 is 16.0 Å². The van der Waals surface area contributed by atoms with E-state index in [2.05, 4.69) is 0 Å². The summed E-state index contributed by atoms with van der Waals surface area (Å²) in [5.74, 6) is -0.679. The highest BCUT2D eigenvalue weighted by molar-refractivity contribution is 5.94. The summed E-state index contributed by atoms with van der Waals surface area (Å²) < 4.78 is 36.1. The number of hydrogen-bond acceptors (Lipinski definition) is 2. The van der Waals surface area contributed by atoms with E-state index in [0.29, 0.717) is 0 Å². The predicted octanol–water partition coefficient (Wildman–Crippen LogP) is 1.73. The summed E-state index contributed by atoms with van der Waals surface area (Å²) >= 11 is 0. The molecule has 138 valence electrons. The van der Waals surface area contributed by atoms with E-state index in [4.69, 9.17) is 0 Å². The number of carbonyl (C=O) groups is 2. The van der Waals surface area contributed by atoms with Gasteiger partial charge in [-0.15, -0.1) is 0 Å². The van der Waals surface area contributed by atoms with Gasteiger partial charge in [-0.2, -0.15) is 13.2 Å². The lowest BCUT2D eigenvalue weighted by atomic mass is 9.99. The molecule has 0 atom stereocenters. The van der Waals surface area contributed by atoms with E-state index in [9.17, 15) is 22.8 Å². The molecule has 0 aliphatic heterocycles. The first-order valence-corrected chi connectivity index (χ1v) is 7.93. The molecule has 0 unspecified atom stereocenters. The average Bonchev–Trinajstić information content (AvgIpc) is 2.61. The third-order valence-corrected chi connectivity index (χ3v) is 3.56. The molecule has 2 rings (SSSR count). The number of imide groups is 1. The van der Waals surface area contributed by atoms with E-state index < -0.39 is 24.7 Å². The van der Waals surface area contributed by atoms with E-state index in [0.717, 1.165) is 11.1 Å². The molecule has 0 bridgehead atoms. The molecule has 0 aliphatic rings. The van der Waals surface area contributed by atoms with Crippen LogP contribution in [0.1, 0.15) is 17.2 Å². The Hall–Kier alpha value is -2.87. The quantitative estimate of drug-likeness (QED) is 0.728. The van der Waals surface area contributed by atoms with Gasteiger partial charge in [0.1, 0.15) is 12.6 Å². The second-order valence-electron chi connectivity index (χ2n) is 5.58. The third-order valence-electron chi connectivity index (χ3n) is 3.56. The average molecular weight is 366 g/mol. The number of quaternary nitrogens is 1. The van der Waals surface area contributed by atoms with Crippen molar-refractivity contribution < 1.29 is 28.1 Å². The fraction of sp³-hybridized carbons (Fsp3) is 0.222. The lowest BCUT2D eigenvalue weighted by molar-refractivity contribution is -0.676. The van der Waals surface area contributed by atoms with Gasteiger partial charge in [0.15, 0.2) is 6.54 Å². The van der Waals surface area contributed by atoms with Crippen molar-refractivity contribution in [2.45, 2.75) is 12.2 Å². The van der Waals surface area contributed by atoms with Crippen LogP contribution >= 0.6 is 0 Å². The van der Waals surface area contributed by atoms with Crippen LogP contribution in [0, 0.1) is 0 Å². The molecule has 0 radical (unpaired) electrons. The van der Waals surface area contributed by atoms with E-state index in [-0.39, 0.29) is 12.6 Å². The Bertz CT molecular complexity index is 682. The number of nitrogens with two attached hydrogens (primary N) is 1. The van der Waals surface area contributed by atoms with Crippen molar-refractivity contribution in [2.75, 3.05) is 13.1 Å². The smallest absolute Gasteiger partial charge is 0.329 e. The van der Waals surface area contributed by atoms with Crippen LogP contribution in [0.4, 0.5) is 18.0 Å². The number of benzene rings is 2. The van der Waals surface area contributed by atoms with Gasteiger partial charge in [-0.3, -0.25) is 10.1 Å². The van der Waals surface area contributed by atoms with Crippen molar-refractivity contribution in [3.63, 3.8) is 0 Å². The summed E-state index contributed by atoms with van der Waals surface area (Å²) in [7, 11) is 0. The van der Waals surface area contributed by atoms with Gasteiger partial charge in [0.05, 0.1) is 0 Å². The summed E-state index contributed by atoms with van der Waals surface area (Å²) in [5, 5.41) is 5.20. The Kier molecular flexibility index (Phi) is 6.74. The van der Waals surface area contributed by atoms with Crippen molar-refractivity contribution in [2.24, 2.45) is 0 Å². The molecule has 0 aromatic heterocycles. The highest BCUT2D eigenvalue weighted by Crippen LogP contribution is 2.17. The first-order valence-electron chi connectivity index (χ1n) is 7.93. The van der Waals surface area contributed by atoms with Crippen LogP contribution in [-0.4, -0.2) is 31.2 Å². The van der Waals surface area contributed by atoms with Crippen LogP contribution in [-0.2, 0) is 4.79 Å². The Morgan fingerprint density at radius 1 is 0.923 bits per heavy atom. The molecule has 26 heavy (non-hydrogen) atoms. The maximum atomic E-state index is 12.0. The molecule has 0 aliphatic carbocycles. The van der Waals surface area contributed by atoms with Crippen LogP contribution in [0.15, 0.2) is 60.7 Å². The molecule has 2 aromatic rings. The van der Waals surface area contributed by atoms with Gasteiger partial charge in [0.25, 0.3) is 5.91 Å². The minimum atomic E-state index is -4.53. The van der Waals surface area contributed by atoms with Crippen molar-refractivity contribution in [1.29, 1.82) is 0 Å². The van der Waals surface area contributed by atoms with Crippen LogP contribution in [0.25, 0.3) is 0 Å². The minimum Gasteiger partial charge on any atom is -0.329 e. The monoisotopic (exact) mass is 366 g/mol. The minimum absolute atomic E-state index is 0.117. The van der Waals surface area contributed by atoms with Crippen LogP contribution in [0.3, 0.4) is 0 Å². The van der Waals surface area contributed by atoms with Crippen molar-refractivity contribution >= 4 is 11.9 Å². The van der Waals surface area contributed by atoms with Crippen molar-refractivity contribution in [3.05, 3.63) is 71.8 Å². The summed E-state index contributed by atoms with van der Waals surface area (Å²) in [6.45, 7) is -1.61. The number of amides is 3. The van der Waals surface area contributed by atoms with Gasteiger partial charge in [0.2, 0.25) is 0 Å². The summed E-state index contributed by atoms with van der Waals surface area (Å²) in [6, 6.07) is 17.6. The first kappa shape index (κ1) is 19.5. The summed E-state index contributed by atoms with van der Waals surface area (Å²) in [4.78, 5) is 23.2. The Morgan fingerprint density at radius 2 is 1.42 bits per heavy atom. The Morgan fingerprint density at radius 3 is 1.88 bits per heavy atom. The predicted molar refractivity (Wildman–Crippen MR) is 89.1 cm³/mol. The second-order valence-corrected chi connectivity index (χ2v) is 5.58. The molecule has 0 saturated heterocycles. The summed E-state index contributed by atoms with van der Waals surface area (Å²) in [5.41, 5.74) is 1.93. The topological polar surface area (TPSA) is 74.8 Å². The van der Waals surface area contributed by atoms with E-state index in [1.54, 1.807) is 10.6 Å². The molecular weight excluding hydrogens is 347 g/mol. The third kappa shape index (κ3) is 6.56. The molecule has 0 saturated carbocycles. The Labute approximate surface area is 148 Å². The molecule has 8 heteroatoms. The van der Waals surface area contributed by atoms with Crippen LogP contribution in [0.2, 0.25) is 0 Å². The maximum absolute atomic E-state index is 12.0. The normalized spacial score (nSPS) is 11.2. The molecular formula is C18H19F3N3O2+. The Balaban J connectivity index is 1.95. The van der Waals surface area contributed by atoms with Crippen LogP contribution in [0.5, 0.6) is 0 Å². The largest absolute Gasteiger partial charge is 0.405 e. The van der Waals surface area contributed by atoms with Gasteiger partial charge in [-0.1, -0.05) is 60.7 Å². The molecule has 3 amide bonds. The van der Waals surface area contributed by atoms with Gasteiger partial charge in [-0.05, 0) is 0 Å². The zero-order valence-corrected chi connectivity index (χ0v) is 13.8. The molecule has 4 N–H and O–H groups in total. The summed E-state index contributed by atoms with van der Waals surface area (Å²) in [6.07, 6.45) is -4.53. The lowest BCUT2D eigenvalue weighted by Gasteiger charge is -2.16. The molecule has 5 nitrogen and oxygen atoms in total. The zero-order valence-electron chi connectivity index (χ0n) is 13.8. The van der Waals surface area contributed by atoms with Gasteiger partial charge < -0.3 is 10.6 Å². The van der Waals surface area contributed by atoms with Gasteiger partial charge in [0, 0.05) is 11.1 Å². The van der Waals surface area contributed by atoms with E-state index >= 15 is 0 Å². The highest BCUT2D eigenvalue weighted by Gasteiger charge is 2.28. The molecule has 0 spiro atoms. The fourth-order valence-electron chi connectivity index (χ4n) is 2.41. The standard InChI is InChI=1S/C18H18F3N3O2/c19-18(20,21)12-23-17(26)24-15(25)11-22-16(13-7-3-1-4-8-13)14-9-5-2-6-10-14/h1-10,16,22H,11-12H2,(H2,23,24,25,26)/p+1. The molecule has 0 fully saturated rings. The number of hydrogen-bond donors (Lipinski definition) is 3. The van der Waals surface area contributed by atoms with Crippen molar-refractivity contribution in [1.82, 2.24) is 10.6 Å². The number of nitrogens with one attached hydrogen (secondary N) is 2. The van der Waals surface area contributed by atoms with Gasteiger partial charge >= 0.3 is 12.2 Å². The number of carbonyl (C=O) groups excluding carboxylic acids is 2. The maximum Gasteiger partial charge on any atom is 0.405 e. The second kappa shape index (κ2) is 9.00.